The zero-order valence-corrected chi connectivity index (χ0v) is 16.7. The molecule has 2 N–H and O–H groups in total. The SMILES string of the molecule is CCOC(=O)N1CCC(Nc2ccc(NC(=O)c3ccc(OC)cc3)cn2)CC1. The van der Waals surface area contributed by atoms with Crippen molar-refractivity contribution < 1.29 is 19.1 Å². The number of amides is 2. The smallest absolute Gasteiger partial charge is 0.409 e. The van der Waals surface area contributed by atoms with Gasteiger partial charge in [-0.3, -0.25) is 4.79 Å². The molecule has 3 rings (SSSR count). The Morgan fingerprint density at radius 1 is 1.14 bits per heavy atom. The number of carbonyl (C=O) groups excluding carboxylic acids is 2. The Morgan fingerprint density at radius 2 is 1.86 bits per heavy atom. The molecule has 1 fully saturated rings. The predicted molar refractivity (Wildman–Crippen MR) is 110 cm³/mol. The van der Waals surface area contributed by atoms with Crippen LogP contribution in [0.1, 0.15) is 30.1 Å². The molecule has 2 aromatic rings. The first-order valence-corrected chi connectivity index (χ1v) is 9.68. The van der Waals surface area contributed by atoms with Crippen LogP contribution in [0, 0.1) is 0 Å². The molecule has 0 unspecified atom stereocenters. The summed E-state index contributed by atoms with van der Waals surface area (Å²) in [5.41, 5.74) is 1.16. The van der Waals surface area contributed by atoms with Gasteiger partial charge in [0.05, 0.1) is 25.6 Å². The minimum atomic E-state index is -0.249. The van der Waals surface area contributed by atoms with Crippen LogP contribution in [0.15, 0.2) is 42.6 Å². The number of ether oxygens (including phenoxy) is 2. The van der Waals surface area contributed by atoms with Crippen molar-refractivity contribution in [2.24, 2.45) is 0 Å². The van der Waals surface area contributed by atoms with Crippen molar-refractivity contribution in [1.29, 1.82) is 0 Å². The van der Waals surface area contributed by atoms with Gasteiger partial charge in [-0.2, -0.15) is 0 Å². The third-order valence-electron chi connectivity index (χ3n) is 4.75. The number of likely N-dealkylation sites (tertiary alicyclic amines) is 1. The summed E-state index contributed by atoms with van der Waals surface area (Å²) in [6, 6.07) is 10.8. The van der Waals surface area contributed by atoms with Gasteiger partial charge >= 0.3 is 6.09 Å². The van der Waals surface area contributed by atoms with Gasteiger partial charge in [0.2, 0.25) is 0 Å². The number of benzene rings is 1. The van der Waals surface area contributed by atoms with Gasteiger partial charge in [0.25, 0.3) is 5.91 Å². The third-order valence-corrected chi connectivity index (χ3v) is 4.75. The minimum Gasteiger partial charge on any atom is -0.497 e. The summed E-state index contributed by atoms with van der Waals surface area (Å²) in [7, 11) is 1.58. The Bertz CT molecular complexity index is 816. The monoisotopic (exact) mass is 398 g/mol. The molecule has 0 bridgehead atoms. The molecular formula is C21H26N4O4. The fourth-order valence-electron chi connectivity index (χ4n) is 3.13. The van der Waals surface area contributed by atoms with Crippen molar-refractivity contribution in [3.05, 3.63) is 48.2 Å². The summed E-state index contributed by atoms with van der Waals surface area (Å²) in [6.45, 7) is 3.52. The minimum absolute atomic E-state index is 0.207. The molecule has 2 heterocycles. The van der Waals surface area contributed by atoms with Gasteiger partial charge in [-0.05, 0) is 56.2 Å². The summed E-state index contributed by atoms with van der Waals surface area (Å²) in [4.78, 5) is 30.2. The maximum atomic E-state index is 12.3. The first-order valence-electron chi connectivity index (χ1n) is 9.68. The molecule has 0 spiro atoms. The molecule has 0 atom stereocenters. The van der Waals surface area contributed by atoms with Crippen molar-refractivity contribution in [3.8, 4) is 5.75 Å². The van der Waals surface area contributed by atoms with E-state index in [1.54, 1.807) is 49.4 Å². The van der Waals surface area contributed by atoms with Crippen LogP contribution in [0.25, 0.3) is 0 Å². The first-order chi connectivity index (χ1) is 14.1. The van der Waals surface area contributed by atoms with E-state index in [4.69, 9.17) is 9.47 Å². The molecule has 8 nitrogen and oxygen atoms in total. The summed E-state index contributed by atoms with van der Waals surface area (Å²) >= 11 is 0. The number of nitrogens with zero attached hydrogens (tertiary/aromatic N) is 2. The Morgan fingerprint density at radius 3 is 2.45 bits per heavy atom. The Labute approximate surface area is 170 Å². The second-order valence-electron chi connectivity index (χ2n) is 6.72. The van der Waals surface area contributed by atoms with E-state index in [1.165, 1.54) is 0 Å². The Hall–Kier alpha value is -3.29. The second-order valence-corrected chi connectivity index (χ2v) is 6.72. The first kappa shape index (κ1) is 20.4. The van der Waals surface area contributed by atoms with E-state index in [0.717, 1.165) is 18.7 Å². The average Bonchev–Trinajstić information content (AvgIpc) is 2.76. The van der Waals surface area contributed by atoms with Crippen LogP contribution in [0.2, 0.25) is 0 Å². The highest BCUT2D eigenvalue weighted by Gasteiger charge is 2.23. The van der Waals surface area contributed by atoms with Gasteiger partial charge in [-0.1, -0.05) is 0 Å². The lowest BCUT2D eigenvalue weighted by Crippen LogP contribution is -2.42. The lowest BCUT2D eigenvalue weighted by atomic mass is 10.1. The molecule has 1 saturated heterocycles. The number of pyridine rings is 1. The largest absolute Gasteiger partial charge is 0.497 e. The van der Waals surface area contributed by atoms with E-state index < -0.39 is 0 Å². The van der Waals surface area contributed by atoms with E-state index in [2.05, 4.69) is 15.6 Å². The normalized spacial score (nSPS) is 14.2. The predicted octanol–water partition coefficient (Wildman–Crippen LogP) is 3.38. The van der Waals surface area contributed by atoms with Gasteiger partial charge < -0.3 is 25.0 Å². The van der Waals surface area contributed by atoms with E-state index in [0.29, 0.717) is 36.7 Å². The number of piperidine rings is 1. The van der Waals surface area contributed by atoms with E-state index in [-0.39, 0.29) is 18.0 Å². The number of methoxy groups -OCH3 is 1. The zero-order valence-electron chi connectivity index (χ0n) is 16.7. The quantitative estimate of drug-likeness (QED) is 0.775. The van der Waals surface area contributed by atoms with Crippen LogP contribution < -0.4 is 15.4 Å². The number of aromatic nitrogens is 1. The van der Waals surface area contributed by atoms with E-state index in [9.17, 15) is 9.59 Å². The van der Waals surface area contributed by atoms with Crippen molar-refractivity contribution in [3.63, 3.8) is 0 Å². The molecule has 2 amide bonds. The summed E-state index contributed by atoms with van der Waals surface area (Å²) in [6.07, 6.45) is 3.03. The fourth-order valence-corrected chi connectivity index (χ4v) is 3.13. The Balaban J connectivity index is 1.49. The van der Waals surface area contributed by atoms with Crippen LogP contribution in [0.5, 0.6) is 5.75 Å². The maximum Gasteiger partial charge on any atom is 0.409 e. The Kier molecular flexibility index (Phi) is 6.89. The zero-order chi connectivity index (χ0) is 20.6. The molecule has 29 heavy (non-hydrogen) atoms. The molecule has 0 aliphatic carbocycles. The van der Waals surface area contributed by atoms with Crippen molar-refractivity contribution in [2.75, 3.05) is 37.4 Å². The van der Waals surface area contributed by atoms with Crippen LogP contribution >= 0.6 is 0 Å². The lowest BCUT2D eigenvalue weighted by Gasteiger charge is -2.31. The number of nitrogens with one attached hydrogen (secondary N) is 2. The molecule has 1 aromatic heterocycles. The molecule has 0 radical (unpaired) electrons. The van der Waals surface area contributed by atoms with E-state index >= 15 is 0 Å². The second kappa shape index (κ2) is 9.77. The molecular weight excluding hydrogens is 372 g/mol. The highest BCUT2D eigenvalue weighted by Crippen LogP contribution is 2.18. The van der Waals surface area contributed by atoms with Crippen LogP contribution in [0.4, 0.5) is 16.3 Å². The van der Waals surface area contributed by atoms with Crippen LogP contribution in [-0.4, -0.2) is 54.7 Å². The summed E-state index contributed by atoms with van der Waals surface area (Å²) < 4.78 is 10.1. The number of hydrogen-bond acceptors (Lipinski definition) is 6. The van der Waals surface area contributed by atoms with Gasteiger partial charge in [0.1, 0.15) is 11.6 Å². The van der Waals surface area contributed by atoms with Crippen LogP contribution in [-0.2, 0) is 4.74 Å². The summed E-state index contributed by atoms with van der Waals surface area (Å²) in [5, 5.41) is 6.21. The van der Waals surface area contributed by atoms with Gasteiger partial charge in [-0.15, -0.1) is 0 Å². The third kappa shape index (κ3) is 5.60. The van der Waals surface area contributed by atoms with Crippen molar-refractivity contribution in [2.45, 2.75) is 25.8 Å². The number of rotatable bonds is 6. The van der Waals surface area contributed by atoms with Gasteiger partial charge in [0, 0.05) is 24.7 Å². The van der Waals surface area contributed by atoms with Crippen LogP contribution in [0.3, 0.4) is 0 Å². The van der Waals surface area contributed by atoms with Gasteiger partial charge in [0.15, 0.2) is 0 Å². The topological polar surface area (TPSA) is 92.8 Å². The molecule has 1 aromatic carbocycles. The molecule has 0 saturated carbocycles. The fraction of sp³-hybridized carbons (Fsp3) is 0.381. The number of carbonyl (C=O) groups is 2. The molecule has 154 valence electrons. The molecule has 8 heteroatoms. The molecule has 1 aliphatic rings. The van der Waals surface area contributed by atoms with Gasteiger partial charge in [-0.25, -0.2) is 9.78 Å². The number of hydrogen-bond donors (Lipinski definition) is 2. The maximum absolute atomic E-state index is 12.3. The van der Waals surface area contributed by atoms with Crippen molar-refractivity contribution in [1.82, 2.24) is 9.88 Å². The van der Waals surface area contributed by atoms with Crippen molar-refractivity contribution >= 4 is 23.5 Å². The average molecular weight is 398 g/mol. The number of anilines is 2. The standard InChI is InChI=1S/C21H26N4O4/c1-3-29-21(27)25-12-10-16(11-13-25)23-19-9-6-17(14-22-19)24-20(26)15-4-7-18(28-2)8-5-15/h4-9,14,16H,3,10-13H2,1-2H3,(H,22,23)(H,24,26). The summed E-state index contributed by atoms with van der Waals surface area (Å²) in [5.74, 6) is 1.23. The highest BCUT2D eigenvalue weighted by atomic mass is 16.6. The van der Waals surface area contributed by atoms with E-state index in [1.807, 2.05) is 12.1 Å². The molecule has 1 aliphatic heterocycles. The highest BCUT2D eigenvalue weighted by molar-refractivity contribution is 6.04. The lowest BCUT2D eigenvalue weighted by molar-refractivity contribution is 0.0981.